The van der Waals surface area contributed by atoms with Crippen molar-refractivity contribution in [2.24, 2.45) is 0 Å². The summed E-state index contributed by atoms with van der Waals surface area (Å²) >= 11 is 0. The Morgan fingerprint density at radius 2 is 1.91 bits per heavy atom. The summed E-state index contributed by atoms with van der Waals surface area (Å²) in [6.45, 7) is 2.93. The van der Waals surface area contributed by atoms with E-state index in [1.54, 1.807) is 28.9 Å². The van der Waals surface area contributed by atoms with Crippen LogP contribution >= 0.6 is 0 Å². The highest BCUT2D eigenvalue weighted by atomic mass is 19.4. The Hall–Kier alpha value is -3.69. The fraction of sp³-hybridized carbons (Fsp3) is 0.333. The highest BCUT2D eigenvalue weighted by Crippen LogP contribution is 2.37. The van der Waals surface area contributed by atoms with Crippen molar-refractivity contribution >= 4 is 11.8 Å². The molecule has 2 atom stereocenters. The Labute approximate surface area is 193 Å². The molecule has 5 rings (SSSR count). The van der Waals surface area contributed by atoms with E-state index in [-0.39, 0.29) is 29.6 Å². The standard InChI is InChI=1S/C24H21F3N4O3/c1-14(32)30-10-9-20(19(13-30)15-5-3-2-4-6-15)31-12-17-11-16(7-8-18(17)22(31)33)21-28-23(34-29-21)24(25,26)27/h2-8,11,19-20H,9-10,12-13H2,1H3/t19-,20+/m0/s1. The molecule has 0 aliphatic carbocycles. The summed E-state index contributed by atoms with van der Waals surface area (Å²) in [5.74, 6) is -1.78. The van der Waals surface area contributed by atoms with Crippen LogP contribution in [-0.2, 0) is 17.5 Å². The third-order valence-electron chi connectivity index (χ3n) is 6.51. The van der Waals surface area contributed by atoms with Crippen molar-refractivity contribution in [3.63, 3.8) is 0 Å². The van der Waals surface area contributed by atoms with Crippen LogP contribution in [0.3, 0.4) is 0 Å². The van der Waals surface area contributed by atoms with Crippen molar-refractivity contribution in [3.8, 4) is 11.4 Å². The fourth-order valence-corrected chi connectivity index (χ4v) is 4.83. The minimum absolute atomic E-state index is 0.00149. The van der Waals surface area contributed by atoms with Crippen LogP contribution in [0.4, 0.5) is 13.2 Å². The van der Waals surface area contributed by atoms with Crippen LogP contribution in [0.25, 0.3) is 11.4 Å². The number of piperidine rings is 1. The summed E-state index contributed by atoms with van der Waals surface area (Å²) in [5, 5.41) is 3.44. The van der Waals surface area contributed by atoms with Crippen molar-refractivity contribution in [1.29, 1.82) is 0 Å². The number of carbonyl (C=O) groups excluding carboxylic acids is 2. The molecule has 0 N–H and O–H groups in total. The van der Waals surface area contributed by atoms with Gasteiger partial charge in [-0.05, 0) is 29.7 Å². The number of alkyl halides is 3. The number of carbonyl (C=O) groups is 2. The smallest absolute Gasteiger partial charge is 0.342 e. The van der Waals surface area contributed by atoms with E-state index >= 15 is 0 Å². The van der Waals surface area contributed by atoms with E-state index in [9.17, 15) is 22.8 Å². The number of fused-ring (bicyclic) bond motifs is 1. The van der Waals surface area contributed by atoms with E-state index < -0.39 is 12.1 Å². The molecule has 10 heteroatoms. The number of hydrogen-bond donors (Lipinski definition) is 0. The first-order valence-corrected chi connectivity index (χ1v) is 10.9. The van der Waals surface area contributed by atoms with Crippen molar-refractivity contribution in [2.75, 3.05) is 13.1 Å². The monoisotopic (exact) mass is 470 g/mol. The summed E-state index contributed by atoms with van der Waals surface area (Å²) in [7, 11) is 0. The second-order valence-corrected chi connectivity index (χ2v) is 8.56. The predicted octanol–water partition coefficient (Wildman–Crippen LogP) is 4.12. The zero-order valence-electron chi connectivity index (χ0n) is 18.2. The highest BCUT2D eigenvalue weighted by Gasteiger charge is 2.41. The van der Waals surface area contributed by atoms with Gasteiger partial charge in [-0.1, -0.05) is 41.6 Å². The molecule has 2 aromatic carbocycles. The zero-order chi connectivity index (χ0) is 24.0. The first-order chi connectivity index (χ1) is 16.2. The van der Waals surface area contributed by atoms with E-state index in [0.29, 0.717) is 42.7 Å². The van der Waals surface area contributed by atoms with Gasteiger partial charge in [0.05, 0.1) is 0 Å². The molecule has 3 heterocycles. The average Bonchev–Trinajstić information content (AvgIpc) is 3.44. The molecule has 1 saturated heterocycles. The summed E-state index contributed by atoms with van der Waals surface area (Å²) in [6, 6.07) is 14.4. The number of amides is 2. The Bertz CT molecular complexity index is 1240. The number of benzene rings is 2. The van der Waals surface area contributed by atoms with E-state index in [2.05, 4.69) is 14.7 Å². The predicted molar refractivity (Wildman–Crippen MR) is 114 cm³/mol. The molecule has 2 amide bonds. The molecule has 176 valence electrons. The van der Waals surface area contributed by atoms with Crippen LogP contribution in [0.15, 0.2) is 53.1 Å². The molecule has 0 bridgehead atoms. The lowest BCUT2D eigenvalue weighted by Crippen LogP contribution is -2.51. The van der Waals surface area contributed by atoms with Crippen molar-refractivity contribution in [3.05, 3.63) is 71.1 Å². The molecule has 0 radical (unpaired) electrons. The van der Waals surface area contributed by atoms with Crippen molar-refractivity contribution in [1.82, 2.24) is 19.9 Å². The van der Waals surface area contributed by atoms with Crippen molar-refractivity contribution in [2.45, 2.75) is 38.0 Å². The maximum Gasteiger partial charge on any atom is 0.471 e. The highest BCUT2D eigenvalue weighted by molar-refractivity contribution is 5.99. The average molecular weight is 470 g/mol. The van der Waals surface area contributed by atoms with Gasteiger partial charge in [0.1, 0.15) is 0 Å². The van der Waals surface area contributed by atoms with Crippen LogP contribution in [-0.4, -0.2) is 50.9 Å². The third-order valence-corrected chi connectivity index (χ3v) is 6.51. The molecule has 1 fully saturated rings. The van der Waals surface area contributed by atoms with Gasteiger partial charge >= 0.3 is 12.1 Å². The van der Waals surface area contributed by atoms with Gasteiger partial charge in [0.15, 0.2) is 0 Å². The topological polar surface area (TPSA) is 79.5 Å². The van der Waals surface area contributed by atoms with Crippen molar-refractivity contribution < 1.29 is 27.3 Å². The summed E-state index contributed by atoms with van der Waals surface area (Å²) < 4.78 is 42.8. The molecule has 2 aliphatic heterocycles. The van der Waals surface area contributed by atoms with E-state index in [1.165, 1.54) is 6.07 Å². The molecule has 2 aliphatic rings. The van der Waals surface area contributed by atoms with Gasteiger partial charge in [-0.25, -0.2) is 0 Å². The summed E-state index contributed by atoms with van der Waals surface area (Å²) in [4.78, 5) is 32.4. The Balaban J connectivity index is 1.43. The van der Waals surface area contributed by atoms with Crippen LogP contribution < -0.4 is 0 Å². The molecule has 1 aromatic heterocycles. The molecular formula is C24H21F3N4O3. The number of likely N-dealkylation sites (tertiary alicyclic amines) is 1. The van der Waals surface area contributed by atoms with E-state index in [0.717, 1.165) is 5.56 Å². The van der Waals surface area contributed by atoms with Crippen LogP contribution in [0, 0.1) is 0 Å². The van der Waals surface area contributed by atoms with Crippen LogP contribution in [0.1, 0.15) is 46.6 Å². The van der Waals surface area contributed by atoms with Gasteiger partial charge in [0.2, 0.25) is 11.7 Å². The fourth-order valence-electron chi connectivity index (χ4n) is 4.83. The molecule has 34 heavy (non-hydrogen) atoms. The van der Waals surface area contributed by atoms with Crippen LogP contribution in [0.5, 0.6) is 0 Å². The zero-order valence-corrected chi connectivity index (χ0v) is 18.2. The molecule has 0 unspecified atom stereocenters. The molecule has 3 aromatic rings. The number of aromatic nitrogens is 2. The summed E-state index contributed by atoms with van der Waals surface area (Å²) in [5.41, 5.74) is 2.60. The maximum atomic E-state index is 13.3. The molecule has 7 nitrogen and oxygen atoms in total. The second kappa shape index (κ2) is 8.27. The first-order valence-electron chi connectivity index (χ1n) is 10.9. The molecular weight excluding hydrogens is 449 g/mol. The Morgan fingerprint density at radius 3 is 2.59 bits per heavy atom. The maximum absolute atomic E-state index is 13.3. The van der Waals surface area contributed by atoms with Gasteiger partial charge < -0.3 is 14.3 Å². The molecule has 0 spiro atoms. The lowest BCUT2D eigenvalue weighted by atomic mass is 9.85. The SMILES string of the molecule is CC(=O)N1CC[C@@H](N2Cc3cc(-c4noc(C(F)(F)F)n4)ccc3C2=O)[C@H](c2ccccc2)C1. The normalized spacial score (nSPS) is 20.5. The van der Waals surface area contributed by atoms with Gasteiger partial charge in [-0.3, -0.25) is 9.59 Å². The third kappa shape index (κ3) is 3.93. The van der Waals surface area contributed by atoms with Gasteiger partial charge in [-0.2, -0.15) is 18.2 Å². The quantitative estimate of drug-likeness (QED) is 0.576. The number of halogens is 3. The Morgan fingerprint density at radius 1 is 1.15 bits per heavy atom. The van der Waals surface area contributed by atoms with Gasteiger partial charge in [-0.15, -0.1) is 0 Å². The van der Waals surface area contributed by atoms with E-state index in [4.69, 9.17) is 0 Å². The van der Waals surface area contributed by atoms with E-state index in [1.807, 2.05) is 30.3 Å². The number of nitrogens with zero attached hydrogens (tertiary/aromatic N) is 4. The van der Waals surface area contributed by atoms with Gasteiger partial charge in [0.25, 0.3) is 5.91 Å². The largest absolute Gasteiger partial charge is 0.471 e. The number of hydrogen-bond acceptors (Lipinski definition) is 5. The number of rotatable bonds is 3. The van der Waals surface area contributed by atoms with Crippen LogP contribution in [0.2, 0.25) is 0 Å². The lowest BCUT2D eigenvalue weighted by molar-refractivity contribution is -0.159. The molecule has 0 saturated carbocycles. The second-order valence-electron chi connectivity index (χ2n) is 8.56. The minimum Gasteiger partial charge on any atom is -0.342 e. The Kier molecular flexibility index (Phi) is 5.38. The summed E-state index contributed by atoms with van der Waals surface area (Å²) in [6.07, 6.45) is -4.10. The lowest BCUT2D eigenvalue weighted by Gasteiger charge is -2.42. The first kappa shape index (κ1) is 22.1. The van der Waals surface area contributed by atoms with Gasteiger partial charge in [0, 0.05) is 49.6 Å². The minimum atomic E-state index is -4.73.